The molecule has 27 heavy (non-hydrogen) atoms. The molecular formula is C20H23FN2O3S. The third kappa shape index (κ3) is 4.36. The van der Waals surface area contributed by atoms with Gasteiger partial charge in [-0.1, -0.05) is 25.0 Å². The predicted molar refractivity (Wildman–Crippen MR) is 103 cm³/mol. The van der Waals surface area contributed by atoms with E-state index in [4.69, 9.17) is 0 Å². The van der Waals surface area contributed by atoms with Gasteiger partial charge in [0.25, 0.3) is 0 Å². The van der Waals surface area contributed by atoms with Gasteiger partial charge in [0.15, 0.2) is 0 Å². The molecule has 0 saturated heterocycles. The van der Waals surface area contributed by atoms with Crippen molar-refractivity contribution in [1.82, 2.24) is 5.32 Å². The summed E-state index contributed by atoms with van der Waals surface area (Å²) in [5, 5.41) is 14.8. The van der Waals surface area contributed by atoms with Crippen molar-refractivity contribution >= 4 is 28.8 Å². The fourth-order valence-electron chi connectivity index (χ4n) is 3.50. The van der Waals surface area contributed by atoms with Gasteiger partial charge in [-0.2, -0.15) is 0 Å². The fourth-order valence-corrected chi connectivity index (χ4v) is 4.69. The van der Waals surface area contributed by atoms with E-state index in [9.17, 15) is 19.1 Å². The van der Waals surface area contributed by atoms with Gasteiger partial charge in [-0.25, -0.2) is 4.39 Å². The van der Waals surface area contributed by atoms with Gasteiger partial charge in [0.05, 0.1) is 11.8 Å². The summed E-state index contributed by atoms with van der Waals surface area (Å²) in [7, 11) is 0. The van der Waals surface area contributed by atoms with Gasteiger partial charge in [-0.15, -0.1) is 11.3 Å². The number of aliphatic hydroxyl groups excluding tert-OH is 1. The summed E-state index contributed by atoms with van der Waals surface area (Å²) in [6.07, 6.45) is 3.42. The van der Waals surface area contributed by atoms with Gasteiger partial charge in [0.1, 0.15) is 5.82 Å². The second-order valence-corrected chi connectivity index (χ2v) is 8.10. The highest BCUT2D eigenvalue weighted by Gasteiger charge is 2.37. The highest BCUT2D eigenvalue weighted by Crippen LogP contribution is 2.44. The van der Waals surface area contributed by atoms with Crippen LogP contribution in [0.25, 0.3) is 0 Å². The topological polar surface area (TPSA) is 78.4 Å². The number of hydrogen-bond acceptors (Lipinski definition) is 4. The van der Waals surface area contributed by atoms with Crippen molar-refractivity contribution in [2.24, 2.45) is 0 Å². The molecule has 0 spiro atoms. The Morgan fingerprint density at radius 1 is 1.19 bits per heavy atom. The van der Waals surface area contributed by atoms with Crippen molar-refractivity contribution in [2.75, 3.05) is 11.9 Å². The molecule has 1 atom stereocenters. The SMILES string of the molecule is CC(O)c1ccc(C2(CNC(=O)C(=O)Nc3ccccc3F)CCCC2)s1. The molecule has 1 saturated carbocycles. The fraction of sp³-hybridized carbons (Fsp3) is 0.400. The highest BCUT2D eigenvalue weighted by atomic mass is 32.1. The number of halogens is 1. The second kappa shape index (κ2) is 8.19. The van der Waals surface area contributed by atoms with Crippen LogP contribution in [0, 0.1) is 5.82 Å². The summed E-state index contributed by atoms with van der Waals surface area (Å²) in [5.74, 6) is -2.25. The molecule has 0 bridgehead atoms. The Morgan fingerprint density at radius 2 is 1.89 bits per heavy atom. The number of para-hydroxylation sites is 1. The summed E-state index contributed by atoms with van der Waals surface area (Å²) in [6, 6.07) is 9.64. The molecule has 0 radical (unpaired) electrons. The first-order valence-electron chi connectivity index (χ1n) is 9.03. The Balaban J connectivity index is 1.66. The summed E-state index contributed by atoms with van der Waals surface area (Å²) < 4.78 is 13.6. The molecule has 1 aliphatic rings. The van der Waals surface area contributed by atoms with E-state index in [0.717, 1.165) is 35.4 Å². The first kappa shape index (κ1) is 19.5. The van der Waals surface area contributed by atoms with Crippen LogP contribution in [0.3, 0.4) is 0 Å². The number of rotatable bonds is 5. The maximum Gasteiger partial charge on any atom is 0.313 e. The molecule has 2 aromatic rings. The summed E-state index contributed by atoms with van der Waals surface area (Å²) in [5.41, 5.74) is -0.237. The summed E-state index contributed by atoms with van der Waals surface area (Å²) in [6.45, 7) is 2.07. The molecule has 7 heteroatoms. The Labute approximate surface area is 161 Å². The molecule has 1 aromatic heterocycles. The van der Waals surface area contributed by atoms with Crippen molar-refractivity contribution in [2.45, 2.75) is 44.1 Å². The van der Waals surface area contributed by atoms with Crippen LogP contribution in [0.15, 0.2) is 36.4 Å². The lowest BCUT2D eigenvalue weighted by atomic mass is 9.84. The van der Waals surface area contributed by atoms with Crippen molar-refractivity contribution < 1.29 is 19.1 Å². The van der Waals surface area contributed by atoms with Gasteiger partial charge in [0, 0.05) is 21.7 Å². The van der Waals surface area contributed by atoms with E-state index in [1.54, 1.807) is 24.3 Å². The lowest BCUT2D eigenvalue weighted by molar-refractivity contribution is -0.136. The predicted octanol–water partition coefficient (Wildman–Crippen LogP) is 3.51. The largest absolute Gasteiger partial charge is 0.388 e. The molecule has 1 aromatic carbocycles. The monoisotopic (exact) mass is 390 g/mol. The van der Waals surface area contributed by atoms with Gasteiger partial charge in [-0.05, 0) is 44.0 Å². The average molecular weight is 390 g/mol. The third-order valence-electron chi connectivity index (χ3n) is 5.04. The molecule has 1 fully saturated rings. The minimum atomic E-state index is -0.885. The number of anilines is 1. The molecule has 0 aliphatic heterocycles. The lowest BCUT2D eigenvalue weighted by Crippen LogP contribution is -2.43. The van der Waals surface area contributed by atoms with Gasteiger partial charge < -0.3 is 15.7 Å². The number of aliphatic hydroxyl groups is 1. The van der Waals surface area contributed by atoms with E-state index in [2.05, 4.69) is 10.6 Å². The van der Waals surface area contributed by atoms with Crippen LogP contribution in [0.5, 0.6) is 0 Å². The van der Waals surface area contributed by atoms with E-state index in [1.165, 1.54) is 18.2 Å². The Bertz CT molecular complexity index is 828. The molecule has 1 heterocycles. The first-order valence-corrected chi connectivity index (χ1v) is 9.85. The van der Waals surface area contributed by atoms with Crippen LogP contribution < -0.4 is 10.6 Å². The maximum atomic E-state index is 13.6. The lowest BCUT2D eigenvalue weighted by Gasteiger charge is -2.28. The van der Waals surface area contributed by atoms with Crippen LogP contribution in [-0.4, -0.2) is 23.5 Å². The number of carbonyl (C=O) groups is 2. The molecule has 5 nitrogen and oxygen atoms in total. The van der Waals surface area contributed by atoms with E-state index in [-0.39, 0.29) is 11.1 Å². The average Bonchev–Trinajstić information content (AvgIpc) is 3.31. The van der Waals surface area contributed by atoms with Crippen LogP contribution in [-0.2, 0) is 15.0 Å². The molecule has 1 unspecified atom stereocenters. The van der Waals surface area contributed by atoms with Gasteiger partial charge in [0.2, 0.25) is 0 Å². The summed E-state index contributed by atoms with van der Waals surface area (Å²) in [4.78, 5) is 26.3. The van der Waals surface area contributed by atoms with Gasteiger partial charge in [-0.3, -0.25) is 9.59 Å². The standard InChI is InChI=1S/C20H23FN2O3S/c1-13(24)16-8-9-17(27-16)20(10-4-5-11-20)12-22-18(25)19(26)23-15-7-3-2-6-14(15)21/h2-3,6-9,13,24H,4-5,10-12H2,1H3,(H,22,25)(H,23,26). The number of hydrogen-bond donors (Lipinski definition) is 3. The molecule has 2 amide bonds. The normalized spacial score (nSPS) is 16.7. The Hall–Kier alpha value is -2.25. The van der Waals surface area contributed by atoms with E-state index < -0.39 is 23.7 Å². The number of thiophene rings is 1. The zero-order chi connectivity index (χ0) is 19.4. The number of nitrogens with one attached hydrogen (secondary N) is 2. The first-order chi connectivity index (χ1) is 12.9. The van der Waals surface area contributed by atoms with E-state index in [0.29, 0.717) is 6.54 Å². The molecule has 144 valence electrons. The van der Waals surface area contributed by atoms with Crippen LogP contribution in [0.4, 0.5) is 10.1 Å². The second-order valence-electron chi connectivity index (χ2n) is 6.98. The maximum absolute atomic E-state index is 13.6. The highest BCUT2D eigenvalue weighted by molar-refractivity contribution is 7.12. The Morgan fingerprint density at radius 3 is 2.52 bits per heavy atom. The van der Waals surface area contributed by atoms with E-state index in [1.807, 2.05) is 12.1 Å². The smallest absolute Gasteiger partial charge is 0.313 e. The number of benzene rings is 1. The van der Waals surface area contributed by atoms with Crippen LogP contribution >= 0.6 is 11.3 Å². The van der Waals surface area contributed by atoms with Crippen molar-refractivity contribution in [3.8, 4) is 0 Å². The van der Waals surface area contributed by atoms with Gasteiger partial charge >= 0.3 is 11.8 Å². The molecular weight excluding hydrogens is 367 g/mol. The quantitative estimate of drug-likeness (QED) is 0.684. The number of carbonyl (C=O) groups excluding carboxylic acids is 2. The van der Waals surface area contributed by atoms with Crippen LogP contribution in [0.1, 0.15) is 48.5 Å². The van der Waals surface area contributed by atoms with Crippen LogP contribution in [0.2, 0.25) is 0 Å². The zero-order valence-corrected chi connectivity index (χ0v) is 15.9. The number of amides is 2. The zero-order valence-electron chi connectivity index (χ0n) is 15.1. The van der Waals surface area contributed by atoms with Crippen molar-refractivity contribution in [1.29, 1.82) is 0 Å². The Kier molecular flexibility index (Phi) is 5.92. The molecule has 1 aliphatic carbocycles. The summed E-state index contributed by atoms with van der Waals surface area (Å²) >= 11 is 1.55. The van der Waals surface area contributed by atoms with E-state index >= 15 is 0 Å². The van der Waals surface area contributed by atoms with Crippen molar-refractivity contribution in [3.63, 3.8) is 0 Å². The molecule has 3 N–H and O–H groups in total. The van der Waals surface area contributed by atoms with Crippen molar-refractivity contribution in [3.05, 3.63) is 52.0 Å². The molecule has 3 rings (SSSR count). The minimum Gasteiger partial charge on any atom is -0.388 e. The third-order valence-corrected chi connectivity index (χ3v) is 6.54. The minimum absolute atomic E-state index is 0.0203.